The number of nitrogens with zero attached hydrogens (tertiary/aromatic N) is 2. The smallest absolute Gasteiger partial charge is 0.490 e. The molecule has 0 atom stereocenters. The van der Waals surface area contributed by atoms with Gasteiger partial charge in [0.2, 0.25) is 10.0 Å². The Kier molecular flexibility index (Phi) is 8.86. The second-order valence-corrected chi connectivity index (χ2v) is 10.8. The van der Waals surface area contributed by atoms with Crippen LogP contribution in [0.4, 0.5) is 13.2 Å². The van der Waals surface area contributed by atoms with Gasteiger partial charge in [-0.1, -0.05) is 0 Å². The third-order valence-corrected chi connectivity index (χ3v) is 9.01. The van der Waals surface area contributed by atoms with Crippen molar-refractivity contribution in [1.29, 1.82) is 0 Å². The summed E-state index contributed by atoms with van der Waals surface area (Å²) >= 11 is 0. The highest BCUT2D eigenvalue weighted by Gasteiger charge is 2.55. The van der Waals surface area contributed by atoms with Crippen LogP contribution in [0.5, 0.6) is 11.5 Å². The summed E-state index contributed by atoms with van der Waals surface area (Å²) in [6, 6.07) is 4.97. The maximum atomic E-state index is 13.6. The van der Waals surface area contributed by atoms with Crippen LogP contribution < -0.4 is 15.0 Å². The Hall–Kier alpha value is -2.13. The summed E-state index contributed by atoms with van der Waals surface area (Å²) in [4.78, 5) is 14.6. The number of methoxy groups -OCH3 is 1. The van der Waals surface area contributed by atoms with Gasteiger partial charge < -0.3 is 19.1 Å². The number of amides is 1. The van der Waals surface area contributed by atoms with Crippen LogP contribution in [0.25, 0.3) is 0 Å². The molecular weight excluding hydrogens is 495 g/mol. The number of likely N-dealkylation sites (tertiary alicyclic amines) is 1. The summed E-state index contributed by atoms with van der Waals surface area (Å²) in [7, 11) is -2.52. The number of benzene rings is 1. The van der Waals surface area contributed by atoms with Crippen molar-refractivity contribution < 1.29 is 45.8 Å². The molecule has 0 aliphatic carbocycles. The molecule has 2 heterocycles. The maximum Gasteiger partial charge on any atom is 0.573 e. The normalized spacial score (nSPS) is 20.4. The molecular formula is C21H30F3N3O7S. The molecule has 0 spiro atoms. The average Bonchev–Trinajstić information content (AvgIpc) is 2.83. The molecule has 2 saturated heterocycles. The number of rotatable bonds is 9. The number of hydrogen-bond donors (Lipinski definition) is 2. The number of sulfonamides is 1. The zero-order chi connectivity index (χ0) is 25.7. The molecule has 1 aromatic carbocycles. The van der Waals surface area contributed by atoms with Crippen molar-refractivity contribution in [3.05, 3.63) is 24.3 Å². The van der Waals surface area contributed by atoms with E-state index in [0.717, 1.165) is 12.1 Å². The first kappa shape index (κ1) is 27.5. The number of alkyl halides is 3. The summed E-state index contributed by atoms with van der Waals surface area (Å²) < 4.78 is 78.2. The predicted octanol–water partition coefficient (Wildman–Crippen LogP) is 1.74. The van der Waals surface area contributed by atoms with Crippen molar-refractivity contribution in [1.82, 2.24) is 14.7 Å². The van der Waals surface area contributed by atoms with Gasteiger partial charge >= 0.3 is 6.36 Å². The van der Waals surface area contributed by atoms with Gasteiger partial charge in [-0.25, -0.2) is 18.2 Å². The largest absolute Gasteiger partial charge is 0.573 e. The molecule has 1 amide bonds. The Morgan fingerprint density at radius 3 is 2.20 bits per heavy atom. The number of carbonyl (C=O) groups is 1. The number of carbonyl (C=O) groups excluding carboxylic acids is 1. The number of halogens is 3. The highest BCUT2D eigenvalue weighted by atomic mass is 32.2. The third-order valence-electron chi connectivity index (χ3n) is 6.39. The molecule has 3 rings (SSSR count). The van der Waals surface area contributed by atoms with Crippen LogP contribution in [-0.4, -0.2) is 92.4 Å². The van der Waals surface area contributed by atoms with Crippen molar-refractivity contribution in [3.8, 4) is 11.5 Å². The topological polar surface area (TPSA) is 118 Å². The first-order valence-electron chi connectivity index (χ1n) is 11.2. The molecule has 2 N–H and O–H groups in total. The molecule has 0 unspecified atom stereocenters. The van der Waals surface area contributed by atoms with E-state index in [-0.39, 0.29) is 37.8 Å². The van der Waals surface area contributed by atoms with Gasteiger partial charge in [0.05, 0.1) is 6.61 Å². The minimum Gasteiger partial charge on any atom is -0.490 e. The molecule has 14 heteroatoms. The second kappa shape index (κ2) is 11.3. The first-order valence-corrected chi connectivity index (χ1v) is 12.6. The fraction of sp³-hybridized carbons (Fsp3) is 0.667. The van der Waals surface area contributed by atoms with E-state index in [1.165, 1.54) is 16.4 Å². The van der Waals surface area contributed by atoms with Crippen molar-refractivity contribution in [3.63, 3.8) is 0 Å². The zero-order valence-electron chi connectivity index (χ0n) is 19.3. The van der Waals surface area contributed by atoms with Gasteiger partial charge in [0.25, 0.3) is 5.91 Å². The van der Waals surface area contributed by atoms with E-state index in [1.807, 2.05) is 4.90 Å². The zero-order valence-corrected chi connectivity index (χ0v) is 20.1. The van der Waals surface area contributed by atoms with Gasteiger partial charge in [0.1, 0.15) is 17.6 Å². The average molecular weight is 526 g/mol. The highest BCUT2D eigenvalue weighted by Crippen LogP contribution is 2.35. The predicted molar refractivity (Wildman–Crippen MR) is 117 cm³/mol. The van der Waals surface area contributed by atoms with E-state index in [0.29, 0.717) is 44.8 Å². The number of nitrogens with one attached hydrogen (secondary N) is 1. The minimum atomic E-state index is -4.79. The van der Waals surface area contributed by atoms with Crippen molar-refractivity contribution in [2.45, 2.75) is 42.9 Å². The molecule has 35 heavy (non-hydrogen) atoms. The number of hydroxylamine groups is 1. The Morgan fingerprint density at radius 2 is 1.69 bits per heavy atom. The van der Waals surface area contributed by atoms with Crippen LogP contribution in [0.1, 0.15) is 25.7 Å². The molecule has 0 bridgehead atoms. The second-order valence-electron chi connectivity index (χ2n) is 8.51. The fourth-order valence-electron chi connectivity index (χ4n) is 4.41. The molecule has 1 aromatic rings. The number of hydrogen-bond acceptors (Lipinski definition) is 8. The Morgan fingerprint density at radius 1 is 1.11 bits per heavy atom. The van der Waals surface area contributed by atoms with E-state index in [2.05, 4.69) is 4.74 Å². The van der Waals surface area contributed by atoms with Crippen LogP contribution in [0.15, 0.2) is 24.3 Å². The monoisotopic (exact) mass is 525 g/mol. The molecule has 2 fully saturated rings. The van der Waals surface area contributed by atoms with Gasteiger partial charge in [-0.2, -0.15) is 0 Å². The Balaban J connectivity index is 1.61. The minimum absolute atomic E-state index is 0.0359. The van der Waals surface area contributed by atoms with E-state index >= 15 is 0 Å². The molecule has 2 aliphatic heterocycles. The number of ether oxygens (including phenoxy) is 3. The van der Waals surface area contributed by atoms with Gasteiger partial charge in [-0.15, -0.1) is 13.2 Å². The fourth-order valence-corrected chi connectivity index (χ4v) is 6.58. The van der Waals surface area contributed by atoms with Gasteiger partial charge in [0.15, 0.2) is 4.75 Å². The lowest BCUT2D eigenvalue weighted by Gasteiger charge is -2.43. The number of piperidine rings is 2. The SMILES string of the molecule is COCCN1CCC(C(=O)NO)(S(=O)(=O)N2CCC(Oc3ccc(OC(F)(F)F)cc3)CC2)CC1. The van der Waals surface area contributed by atoms with Crippen molar-refractivity contribution in [2.75, 3.05) is 46.4 Å². The lowest BCUT2D eigenvalue weighted by Crippen LogP contribution is -2.62. The van der Waals surface area contributed by atoms with Crippen LogP contribution in [-0.2, 0) is 19.6 Å². The lowest BCUT2D eigenvalue weighted by atomic mass is 9.95. The van der Waals surface area contributed by atoms with Crippen molar-refractivity contribution >= 4 is 15.9 Å². The van der Waals surface area contributed by atoms with Crippen molar-refractivity contribution in [2.24, 2.45) is 0 Å². The highest BCUT2D eigenvalue weighted by molar-refractivity contribution is 7.91. The van der Waals surface area contributed by atoms with Crippen LogP contribution >= 0.6 is 0 Å². The van der Waals surface area contributed by atoms with E-state index in [1.54, 1.807) is 12.6 Å². The van der Waals surface area contributed by atoms with E-state index < -0.39 is 27.0 Å². The first-order chi connectivity index (χ1) is 16.5. The van der Waals surface area contributed by atoms with Crippen LogP contribution in [0.3, 0.4) is 0 Å². The Bertz CT molecular complexity index is 944. The summed E-state index contributed by atoms with van der Waals surface area (Å²) in [5, 5.41) is 9.30. The van der Waals surface area contributed by atoms with E-state index in [9.17, 15) is 31.6 Å². The lowest BCUT2D eigenvalue weighted by molar-refractivity contribution is -0.274. The third kappa shape index (κ3) is 6.55. The molecule has 0 saturated carbocycles. The summed E-state index contributed by atoms with van der Waals surface area (Å²) in [6.07, 6.45) is -4.41. The van der Waals surface area contributed by atoms with Crippen LogP contribution in [0.2, 0.25) is 0 Å². The van der Waals surface area contributed by atoms with Gasteiger partial charge in [0, 0.05) is 39.8 Å². The molecule has 0 aromatic heterocycles. The maximum absolute atomic E-state index is 13.6. The summed E-state index contributed by atoms with van der Waals surface area (Å²) in [6.45, 7) is 2.04. The summed E-state index contributed by atoms with van der Waals surface area (Å²) in [5.74, 6) is -0.977. The van der Waals surface area contributed by atoms with Crippen LogP contribution in [0, 0.1) is 0 Å². The molecule has 0 radical (unpaired) electrons. The molecule has 10 nitrogen and oxygen atoms in total. The quantitative estimate of drug-likeness (QED) is 0.370. The summed E-state index contributed by atoms with van der Waals surface area (Å²) in [5.41, 5.74) is 1.55. The van der Waals surface area contributed by atoms with Gasteiger partial charge in [-0.3, -0.25) is 10.0 Å². The standard InChI is InChI=1S/C21H30F3N3O7S/c1-32-15-14-26-12-8-20(9-13-26,19(28)25-29)35(30,31)27-10-6-17(7-11-27)33-16-2-4-18(5-3-16)34-21(22,23)24/h2-5,17,29H,6-15H2,1H3,(H,25,28). The molecule has 198 valence electrons. The van der Waals surface area contributed by atoms with Gasteiger partial charge in [-0.05, 0) is 49.9 Å². The van der Waals surface area contributed by atoms with E-state index in [4.69, 9.17) is 9.47 Å². The molecule has 2 aliphatic rings. The Labute approximate surface area is 201 Å².